The minimum atomic E-state index is -0.778. The highest BCUT2D eigenvalue weighted by Crippen LogP contribution is 2.13. The summed E-state index contributed by atoms with van der Waals surface area (Å²) in [5.41, 5.74) is 0. The molecule has 0 aromatic rings. The van der Waals surface area contributed by atoms with E-state index in [0.717, 1.165) is 109 Å². The second-order valence-electron chi connectivity index (χ2n) is 14.9. The highest BCUT2D eigenvalue weighted by Gasteiger charge is 2.19. The van der Waals surface area contributed by atoms with Gasteiger partial charge >= 0.3 is 17.9 Å². The number of esters is 3. The van der Waals surface area contributed by atoms with Crippen molar-refractivity contribution in [2.24, 2.45) is 0 Å². The lowest BCUT2D eigenvalue weighted by Crippen LogP contribution is -2.30. The molecule has 0 amide bonds. The lowest BCUT2D eigenvalue weighted by Gasteiger charge is -2.18. The van der Waals surface area contributed by atoms with Crippen molar-refractivity contribution < 1.29 is 28.6 Å². The first kappa shape index (κ1) is 52.9. The van der Waals surface area contributed by atoms with Crippen LogP contribution in [0.3, 0.4) is 0 Å². The predicted octanol–water partition coefficient (Wildman–Crippen LogP) is 14.7. The van der Waals surface area contributed by atoms with Gasteiger partial charge in [0.15, 0.2) is 6.10 Å². The summed E-state index contributed by atoms with van der Waals surface area (Å²) in [5.74, 6) is -0.925. The molecule has 6 nitrogen and oxygen atoms in total. The fourth-order valence-corrected chi connectivity index (χ4v) is 6.03. The molecule has 0 aromatic heterocycles. The van der Waals surface area contributed by atoms with Crippen molar-refractivity contribution >= 4 is 17.9 Å². The lowest BCUT2D eigenvalue weighted by atomic mass is 10.1. The molecular weight excluding hydrogens is 697 g/mol. The Labute approximate surface area is 344 Å². The summed E-state index contributed by atoms with van der Waals surface area (Å²) in [4.78, 5) is 37.5. The molecule has 0 aromatic carbocycles. The first-order valence-electron chi connectivity index (χ1n) is 22.9. The lowest BCUT2D eigenvalue weighted by molar-refractivity contribution is -0.167. The van der Waals surface area contributed by atoms with E-state index in [-0.39, 0.29) is 31.1 Å². The van der Waals surface area contributed by atoms with E-state index in [9.17, 15) is 14.4 Å². The van der Waals surface area contributed by atoms with Gasteiger partial charge < -0.3 is 14.2 Å². The summed E-state index contributed by atoms with van der Waals surface area (Å²) in [7, 11) is 0. The first-order chi connectivity index (χ1) is 27.5. The molecule has 0 aliphatic heterocycles. The van der Waals surface area contributed by atoms with Crippen molar-refractivity contribution in [3.05, 3.63) is 72.9 Å². The van der Waals surface area contributed by atoms with Gasteiger partial charge in [-0.05, 0) is 70.6 Å². The number of carbonyl (C=O) groups excluding carboxylic acids is 3. The van der Waals surface area contributed by atoms with E-state index in [1.54, 1.807) is 0 Å². The molecule has 56 heavy (non-hydrogen) atoms. The fourth-order valence-electron chi connectivity index (χ4n) is 6.03. The topological polar surface area (TPSA) is 78.9 Å². The summed E-state index contributed by atoms with van der Waals surface area (Å²) in [6.07, 6.45) is 54.8. The molecule has 0 aliphatic carbocycles. The zero-order valence-corrected chi connectivity index (χ0v) is 36.4. The molecule has 0 radical (unpaired) electrons. The number of rotatable bonds is 40. The van der Waals surface area contributed by atoms with Crippen LogP contribution in [0.4, 0.5) is 0 Å². The number of carbonyl (C=O) groups is 3. The molecule has 0 heterocycles. The quantitative estimate of drug-likeness (QED) is 0.0267. The summed E-state index contributed by atoms with van der Waals surface area (Å²) in [5, 5.41) is 0. The Balaban J connectivity index is 4.23. The molecule has 0 N–H and O–H groups in total. The third-order valence-electron chi connectivity index (χ3n) is 9.48. The van der Waals surface area contributed by atoms with Crippen LogP contribution in [-0.4, -0.2) is 37.2 Å². The third-order valence-corrected chi connectivity index (χ3v) is 9.48. The molecule has 0 spiro atoms. The van der Waals surface area contributed by atoms with Crippen molar-refractivity contribution in [1.82, 2.24) is 0 Å². The Morgan fingerprint density at radius 3 is 1.09 bits per heavy atom. The Kier molecular flexibility index (Phi) is 42.1. The number of unbranched alkanes of at least 4 members (excludes halogenated alkanes) is 17. The van der Waals surface area contributed by atoms with Crippen LogP contribution in [0, 0.1) is 0 Å². The van der Waals surface area contributed by atoms with Crippen molar-refractivity contribution in [2.75, 3.05) is 13.2 Å². The minimum Gasteiger partial charge on any atom is -0.462 e. The highest BCUT2D eigenvalue weighted by atomic mass is 16.6. The van der Waals surface area contributed by atoms with Crippen LogP contribution in [0.2, 0.25) is 0 Å². The van der Waals surface area contributed by atoms with Gasteiger partial charge in [-0.25, -0.2) is 0 Å². The minimum absolute atomic E-state index is 0.0830. The average Bonchev–Trinajstić information content (AvgIpc) is 3.19. The molecule has 0 saturated carbocycles. The monoisotopic (exact) mass is 781 g/mol. The van der Waals surface area contributed by atoms with Gasteiger partial charge in [-0.3, -0.25) is 14.4 Å². The van der Waals surface area contributed by atoms with E-state index >= 15 is 0 Å². The molecule has 1 unspecified atom stereocenters. The summed E-state index contributed by atoms with van der Waals surface area (Å²) in [6, 6.07) is 0. The number of hydrogen-bond acceptors (Lipinski definition) is 6. The molecule has 0 fully saturated rings. The maximum Gasteiger partial charge on any atom is 0.306 e. The van der Waals surface area contributed by atoms with Crippen LogP contribution in [0.15, 0.2) is 72.9 Å². The maximum atomic E-state index is 12.6. The van der Waals surface area contributed by atoms with Gasteiger partial charge in [0.2, 0.25) is 0 Å². The van der Waals surface area contributed by atoms with E-state index in [1.165, 1.54) is 57.8 Å². The molecule has 0 bridgehead atoms. The first-order valence-corrected chi connectivity index (χ1v) is 22.9. The molecule has 1 atom stereocenters. The smallest absolute Gasteiger partial charge is 0.306 e. The molecule has 6 heteroatoms. The summed E-state index contributed by atoms with van der Waals surface area (Å²) in [6.45, 7) is 6.41. The normalized spacial score (nSPS) is 12.7. The fraction of sp³-hybridized carbons (Fsp3) is 0.700. The van der Waals surface area contributed by atoms with Gasteiger partial charge in [0, 0.05) is 19.3 Å². The molecule has 0 aliphatic rings. The Morgan fingerprint density at radius 2 is 0.696 bits per heavy atom. The number of ether oxygens (including phenoxy) is 3. The second-order valence-corrected chi connectivity index (χ2v) is 14.9. The van der Waals surface area contributed by atoms with E-state index in [0.29, 0.717) is 19.3 Å². The van der Waals surface area contributed by atoms with E-state index in [1.807, 2.05) is 0 Å². The van der Waals surface area contributed by atoms with Crippen LogP contribution in [0.1, 0.15) is 207 Å². The molecule has 0 saturated heterocycles. The van der Waals surface area contributed by atoms with Crippen LogP contribution in [-0.2, 0) is 28.6 Å². The molecular formula is C50H84O6. The third kappa shape index (κ3) is 42.0. The van der Waals surface area contributed by atoms with E-state index in [2.05, 4.69) is 93.7 Å². The zero-order chi connectivity index (χ0) is 40.8. The van der Waals surface area contributed by atoms with Crippen molar-refractivity contribution in [3.63, 3.8) is 0 Å². The van der Waals surface area contributed by atoms with Gasteiger partial charge in [-0.1, -0.05) is 190 Å². The highest BCUT2D eigenvalue weighted by molar-refractivity contribution is 5.71. The predicted molar refractivity (Wildman–Crippen MR) is 238 cm³/mol. The van der Waals surface area contributed by atoms with E-state index < -0.39 is 6.10 Å². The zero-order valence-electron chi connectivity index (χ0n) is 36.4. The Morgan fingerprint density at radius 1 is 0.375 bits per heavy atom. The Bertz CT molecular complexity index is 1080. The van der Waals surface area contributed by atoms with E-state index in [4.69, 9.17) is 14.2 Å². The SMILES string of the molecule is CC/C=C\C/C=C\C/C=C\C/C=C\C/C=C\C/C=C\CCCCCCC(=O)OCC(COC(=O)CCCCCCCCC)OC(=O)CCCCCCCCCC. The summed E-state index contributed by atoms with van der Waals surface area (Å²) < 4.78 is 16.6. The molecule has 0 rings (SSSR count). The van der Waals surface area contributed by atoms with Gasteiger partial charge in [-0.15, -0.1) is 0 Å². The second kappa shape index (κ2) is 44.6. The number of allylic oxidation sites excluding steroid dienone is 12. The summed E-state index contributed by atoms with van der Waals surface area (Å²) >= 11 is 0. The maximum absolute atomic E-state index is 12.6. The van der Waals surface area contributed by atoms with Gasteiger partial charge in [-0.2, -0.15) is 0 Å². The van der Waals surface area contributed by atoms with Crippen LogP contribution < -0.4 is 0 Å². The van der Waals surface area contributed by atoms with Gasteiger partial charge in [0.05, 0.1) is 0 Å². The van der Waals surface area contributed by atoms with Crippen LogP contribution >= 0.6 is 0 Å². The molecule has 320 valence electrons. The number of hydrogen-bond donors (Lipinski definition) is 0. The largest absolute Gasteiger partial charge is 0.462 e. The Hall–Kier alpha value is -3.15. The van der Waals surface area contributed by atoms with Gasteiger partial charge in [0.1, 0.15) is 13.2 Å². The van der Waals surface area contributed by atoms with Gasteiger partial charge in [0.25, 0.3) is 0 Å². The van der Waals surface area contributed by atoms with Crippen molar-refractivity contribution in [1.29, 1.82) is 0 Å². The van der Waals surface area contributed by atoms with Crippen LogP contribution in [0.25, 0.3) is 0 Å². The van der Waals surface area contributed by atoms with Crippen molar-refractivity contribution in [3.8, 4) is 0 Å². The van der Waals surface area contributed by atoms with Crippen LogP contribution in [0.5, 0.6) is 0 Å². The average molecular weight is 781 g/mol. The standard InChI is InChI=1S/C50H84O6/c1-4-7-10-13-16-18-19-20-21-22-23-24-25-26-27-28-29-30-31-32-35-37-40-43-49(52)55-46-47(45-54-48(51)42-39-36-33-15-12-9-6-3)56-50(53)44-41-38-34-17-14-11-8-5-2/h7,10,16,18,20-21,23-24,26-27,29-30,47H,4-6,8-9,11-15,17,19,22,25,28,31-46H2,1-3H3/b10-7-,18-16-,21-20-,24-23-,27-26-,30-29-. The van der Waals surface area contributed by atoms with Crippen molar-refractivity contribution in [2.45, 2.75) is 213 Å².